The highest BCUT2D eigenvalue weighted by Gasteiger charge is 2.20. The van der Waals surface area contributed by atoms with Gasteiger partial charge >= 0.3 is 0 Å². The maximum absolute atomic E-state index is 5.70. The van der Waals surface area contributed by atoms with Gasteiger partial charge in [0.15, 0.2) is 11.5 Å². The molecule has 1 fully saturated rings. The van der Waals surface area contributed by atoms with Crippen LogP contribution in [-0.2, 0) is 6.54 Å². The van der Waals surface area contributed by atoms with Gasteiger partial charge in [-0.05, 0) is 56.0 Å². The van der Waals surface area contributed by atoms with E-state index in [0.717, 1.165) is 38.5 Å². The molecule has 0 aliphatic carbocycles. The average molecular weight is 308 g/mol. The summed E-state index contributed by atoms with van der Waals surface area (Å²) in [6.45, 7) is 3.94. The molecule has 0 amide bonds. The minimum absolute atomic E-state index is 0.647. The molecule has 22 heavy (non-hydrogen) atoms. The zero-order chi connectivity index (χ0) is 15.9. The van der Waals surface area contributed by atoms with Crippen LogP contribution < -0.4 is 19.9 Å². The monoisotopic (exact) mass is 308 g/mol. The molecule has 1 aliphatic rings. The van der Waals surface area contributed by atoms with Gasteiger partial charge in [-0.3, -0.25) is 4.90 Å². The molecule has 1 heterocycles. The molecule has 0 spiro atoms. The molecule has 2 rings (SSSR count). The molecule has 5 nitrogen and oxygen atoms in total. The molecular weight excluding hydrogens is 280 g/mol. The molecule has 0 bridgehead atoms. The molecule has 2 N–H and O–H groups in total. The number of methoxy groups -OCH3 is 3. The van der Waals surface area contributed by atoms with Gasteiger partial charge in [0, 0.05) is 13.1 Å². The summed E-state index contributed by atoms with van der Waals surface area (Å²) in [7, 11) is 4.93. The summed E-state index contributed by atoms with van der Waals surface area (Å²) in [4.78, 5) is 2.49. The molecule has 1 aromatic rings. The normalized spacial score (nSPS) is 19.0. The van der Waals surface area contributed by atoms with E-state index in [1.165, 1.54) is 18.4 Å². The summed E-state index contributed by atoms with van der Waals surface area (Å²) in [6.07, 6.45) is 3.66. The Kier molecular flexibility index (Phi) is 6.34. The predicted molar refractivity (Wildman–Crippen MR) is 87.8 cm³/mol. The summed E-state index contributed by atoms with van der Waals surface area (Å²) < 4.78 is 16.2. The Labute approximate surface area is 133 Å². The van der Waals surface area contributed by atoms with Gasteiger partial charge in [-0.15, -0.1) is 0 Å². The lowest BCUT2D eigenvalue weighted by atomic mass is 9.94. The molecule has 1 unspecified atom stereocenters. The van der Waals surface area contributed by atoms with Crippen LogP contribution in [0.25, 0.3) is 0 Å². The van der Waals surface area contributed by atoms with Crippen LogP contribution in [0, 0.1) is 5.92 Å². The number of piperidine rings is 1. The standard InChI is InChI=1S/C17H28N2O3/c1-20-15-9-14(10-16(21-2)17(15)22-3)12-19-8-4-5-13(11-19)6-7-18/h9-10,13H,4-8,11-12,18H2,1-3H3. The number of nitrogens with two attached hydrogens (primary N) is 1. The Bertz CT molecular complexity index is 452. The molecule has 1 aromatic carbocycles. The first-order valence-electron chi connectivity index (χ1n) is 7.93. The zero-order valence-electron chi connectivity index (χ0n) is 13.9. The van der Waals surface area contributed by atoms with Crippen LogP contribution in [0.1, 0.15) is 24.8 Å². The van der Waals surface area contributed by atoms with Crippen LogP contribution in [0.5, 0.6) is 17.2 Å². The van der Waals surface area contributed by atoms with Crippen molar-refractivity contribution >= 4 is 0 Å². The van der Waals surface area contributed by atoms with Crippen molar-refractivity contribution in [3.05, 3.63) is 17.7 Å². The fraction of sp³-hybridized carbons (Fsp3) is 0.647. The van der Waals surface area contributed by atoms with Crippen molar-refractivity contribution in [1.29, 1.82) is 0 Å². The minimum Gasteiger partial charge on any atom is -0.493 e. The van der Waals surface area contributed by atoms with Crippen molar-refractivity contribution in [3.63, 3.8) is 0 Å². The number of hydrogen-bond acceptors (Lipinski definition) is 5. The number of rotatable bonds is 7. The molecule has 5 heteroatoms. The highest BCUT2D eigenvalue weighted by Crippen LogP contribution is 2.38. The third-order valence-corrected chi connectivity index (χ3v) is 4.31. The van der Waals surface area contributed by atoms with Crippen LogP contribution in [0.4, 0.5) is 0 Å². The maximum atomic E-state index is 5.70. The quantitative estimate of drug-likeness (QED) is 0.837. The van der Waals surface area contributed by atoms with Crippen molar-refractivity contribution in [1.82, 2.24) is 4.90 Å². The fourth-order valence-electron chi connectivity index (χ4n) is 3.25. The Morgan fingerprint density at radius 2 is 1.82 bits per heavy atom. The van der Waals surface area contributed by atoms with Gasteiger partial charge in [0.1, 0.15) is 0 Å². The van der Waals surface area contributed by atoms with Crippen LogP contribution in [0.15, 0.2) is 12.1 Å². The van der Waals surface area contributed by atoms with E-state index in [4.69, 9.17) is 19.9 Å². The molecule has 0 radical (unpaired) electrons. The molecular formula is C17H28N2O3. The van der Waals surface area contributed by atoms with Crippen molar-refractivity contribution < 1.29 is 14.2 Å². The van der Waals surface area contributed by atoms with Crippen LogP contribution in [0.3, 0.4) is 0 Å². The smallest absolute Gasteiger partial charge is 0.203 e. The Hall–Kier alpha value is -1.46. The summed E-state index contributed by atoms with van der Waals surface area (Å²) in [5, 5.41) is 0. The van der Waals surface area contributed by atoms with Gasteiger partial charge in [-0.25, -0.2) is 0 Å². The van der Waals surface area contributed by atoms with Gasteiger partial charge in [0.2, 0.25) is 5.75 Å². The lowest BCUT2D eigenvalue weighted by molar-refractivity contribution is 0.162. The van der Waals surface area contributed by atoms with Gasteiger partial charge in [0.25, 0.3) is 0 Å². The van der Waals surface area contributed by atoms with E-state index in [1.807, 2.05) is 12.1 Å². The fourth-order valence-corrected chi connectivity index (χ4v) is 3.25. The molecule has 0 saturated carbocycles. The van der Waals surface area contributed by atoms with Crippen LogP contribution in [0.2, 0.25) is 0 Å². The number of ether oxygens (including phenoxy) is 3. The number of hydrogen-bond donors (Lipinski definition) is 1. The van der Waals surface area contributed by atoms with Gasteiger partial charge in [0.05, 0.1) is 21.3 Å². The van der Waals surface area contributed by atoms with Crippen LogP contribution >= 0.6 is 0 Å². The van der Waals surface area contributed by atoms with Crippen molar-refractivity contribution in [2.75, 3.05) is 41.0 Å². The van der Waals surface area contributed by atoms with E-state index < -0.39 is 0 Å². The largest absolute Gasteiger partial charge is 0.493 e. The summed E-state index contributed by atoms with van der Waals surface area (Å²) >= 11 is 0. The first-order chi connectivity index (χ1) is 10.7. The summed E-state index contributed by atoms with van der Waals surface area (Å²) in [6, 6.07) is 4.07. The van der Waals surface area contributed by atoms with E-state index in [0.29, 0.717) is 17.2 Å². The van der Waals surface area contributed by atoms with Crippen LogP contribution in [-0.4, -0.2) is 45.9 Å². The molecule has 124 valence electrons. The zero-order valence-corrected chi connectivity index (χ0v) is 13.9. The molecule has 1 saturated heterocycles. The number of benzene rings is 1. The van der Waals surface area contributed by atoms with E-state index in [2.05, 4.69) is 4.90 Å². The van der Waals surface area contributed by atoms with E-state index in [1.54, 1.807) is 21.3 Å². The second-order valence-electron chi connectivity index (χ2n) is 5.85. The highest BCUT2D eigenvalue weighted by atomic mass is 16.5. The maximum Gasteiger partial charge on any atom is 0.203 e. The Balaban J connectivity index is 2.11. The van der Waals surface area contributed by atoms with Crippen molar-refractivity contribution in [3.8, 4) is 17.2 Å². The van der Waals surface area contributed by atoms with Crippen molar-refractivity contribution in [2.45, 2.75) is 25.8 Å². The predicted octanol–water partition coefficient (Wildman–Crippen LogP) is 2.27. The molecule has 1 atom stereocenters. The first kappa shape index (κ1) is 16.9. The summed E-state index contributed by atoms with van der Waals surface area (Å²) in [5.41, 5.74) is 6.88. The van der Waals surface area contributed by atoms with Gasteiger partial charge in [-0.1, -0.05) is 0 Å². The third-order valence-electron chi connectivity index (χ3n) is 4.31. The Morgan fingerprint density at radius 1 is 1.14 bits per heavy atom. The second kappa shape index (κ2) is 8.25. The third kappa shape index (κ3) is 4.05. The number of likely N-dealkylation sites (tertiary alicyclic amines) is 1. The highest BCUT2D eigenvalue weighted by molar-refractivity contribution is 5.53. The van der Waals surface area contributed by atoms with E-state index in [-0.39, 0.29) is 0 Å². The molecule has 0 aromatic heterocycles. The topological polar surface area (TPSA) is 57.0 Å². The summed E-state index contributed by atoms with van der Waals surface area (Å²) in [5.74, 6) is 2.80. The number of nitrogens with zero attached hydrogens (tertiary/aromatic N) is 1. The second-order valence-corrected chi connectivity index (χ2v) is 5.85. The SMILES string of the molecule is COc1cc(CN2CCCC(CCN)C2)cc(OC)c1OC. The van der Waals surface area contributed by atoms with E-state index in [9.17, 15) is 0 Å². The van der Waals surface area contributed by atoms with Gasteiger partial charge < -0.3 is 19.9 Å². The first-order valence-corrected chi connectivity index (χ1v) is 7.93. The molecule has 1 aliphatic heterocycles. The lowest BCUT2D eigenvalue weighted by Gasteiger charge is -2.32. The van der Waals surface area contributed by atoms with E-state index >= 15 is 0 Å². The Morgan fingerprint density at radius 3 is 2.36 bits per heavy atom. The lowest BCUT2D eigenvalue weighted by Crippen LogP contribution is -2.35. The van der Waals surface area contributed by atoms with Gasteiger partial charge in [-0.2, -0.15) is 0 Å². The van der Waals surface area contributed by atoms with Crippen molar-refractivity contribution in [2.24, 2.45) is 11.7 Å². The minimum atomic E-state index is 0.647. The average Bonchev–Trinajstić information content (AvgIpc) is 2.54.